The Labute approximate surface area is 136 Å². The van der Waals surface area contributed by atoms with Crippen LogP contribution in [0, 0.1) is 6.92 Å². The van der Waals surface area contributed by atoms with Gasteiger partial charge in [0.2, 0.25) is 5.91 Å². The zero-order valence-corrected chi connectivity index (χ0v) is 13.5. The first-order valence-electron chi connectivity index (χ1n) is 7.58. The first-order chi connectivity index (χ1) is 11.1. The fraction of sp³-hybridized carbons (Fsp3) is 0.263. The van der Waals surface area contributed by atoms with Crippen molar-refractivity contribution in [2.24, 2.45) is 0 Å². The van der Waals surface area contributed by atoms with Crippen LogP contribution in [0.3, 0.4) is 0 Å². The van der Waals surface area contributed by atoms with Crippen molar-refractivity contribution in [1.29, 1.82) is 0 Å². The predicted octanol–water partition coefficient (Wildman–Crippen LogP) is 3.03. The normalized spacial score (nSPS) is 10.2. The fourth-order valence-corrected chi connectivity index (χ4v) is 2.29. The average molecular weight is 311 g/mol. The second-order valence-corrected chi connectivity index (χ2v) is 5.45. The van der Waals surface area contributed by atoms with E-state index in [-0.39, 0.29) is 11.9 Å². The molecule has 0 atom stereocenters. The smallest absolute Gasteiger partial charge is 0.337 e. The van der Waals surface area contributed by atoms with Crippen LogP contribution in [0.15, 0.2) is 48.5 Å². The molecule has 0 aliphatic rings. The largest absolute Gasteiger partial charge is 0.465 e. The summed E-state index contributed by atoms with van der Waals surface area (Å²) in [5.41, 5.74) is 3.82. The lowest BCUT2D eigenvalue weighted by molar-refractivity contribution is -0.121. The molecule has 1 amide bonds. The van der Waals surface area contributed by atoms with E-state index < -0.39 is 0 Å². The number of ether oxygens (including phenoxy) is 1. The van der Waals surface area contributed by atoms with Crippen LogP contribution in [0.2, 0.25) is 0 Å². The molecular formula is C19H21NO3. The fourth-order valence-electron chi connectivity index (χ4n) is 2.29. The maximum absolute atomic E-state index is 11.9. The van der Waals surface area contributed by atoms with Gasteiger partial charge in [0.1, 0.15) is 0 Å². The first-order valence-corrected chi connectivity index (χ1v) is 7.58. The molecule has 0 radical (unpaired) electrons. The van der Waals surface area contributed by atoms with Gasteiger partial charge in [-0.1, -0.05) is 42.0 Å². The third-order valence-corrected chi connectivity index (χ3v) is 3.59. The van der Waals surface area contributed by atoms with Crippen molar-refractivity contribution < 1.29 is 14.3 Å². The van der Waals surface area contributed by atoms with E-state index in [2.05, 4.69) is 16.1 Å². The average Bonchev–Trinajstić information content (AvgIpc) is 2.58. The Morgan fingerprint density at radius 1 is 1.04 bits per heavy atom. The zero-order chi connectivity index (χ0) is 16.7. The quantitative estimate of drug-likeness (QED) is 0.834. The molecule has 4 heteroatoms. The summed E-state index contributed by atoms with van der Waals surface area (Å²) in [5, 5.41) is 2.89. The molecule has 0 saturated heterocycles. The Morgan fingerprint density at radius 3 is 2.43 bits per heavy atom. The standard InChI is InChI=1S/C19H21NO3/c1-14-4-3-5-15(12-14)8-11-18(21)20-13-16-6-9-17(10-7-16)19(22)23-2/h3-7,9-10,12H,8,11,13H2,1-2H3,(H,20,21). The predicted molar refractivity (Wildman–Crippen MR) is 89.1 cm³/mol. The molecule has 0 saturated carbocycles. The van der Waals surface area contributed by atoms with Crippen molar-refractivity contribution in [3.8, 4) is 0 Å². The summed E-state index contributed by atoms with van der Waals surface area (Å²) < 4.78 is 4.65. The maximum Gasteiger partial charge on any atom is 0.337 e. The lowest BCUT2D eigenvalue weighted by atomic mass is 10.1. The van der Waals surface area contributed by atoms with E-state index >= 15 is 0 Å². The van der Waals surface area contributed by atoms with Gasteiger partial charge in [0.15, 0.2) is 0 Å². The second kappa shape index (κ2) is 8.13. The number of hydrogen-bond donors (Lipinski definition) is 1. The minimum Gasteiger partial charge on any atom is -0.465 e. The van der Waals surface area contributed by atoms with Crippen molar-refractivity contribution in [3.63, 3.8) is 0 Å². The monoisotopic (exact) mass is 311 g/mol. The molecule has 2 aromatic carbocycles. The Hall–Kier alpha value is -2.62. The van der Waals surface area contributed by atoms with Gasteiger partial charge >= 0.3 is 5.97 Å². The molecule has 0 fully saturated rings. The van der Waals surface area contributed by atoms with E-state index in [1.54, 1.807) is 12.1 Å². The molecule has 0 spiro atoms. The molecule has 0 unspecified atom stereocenters. The molecular weight excluding hydrogens is 290 g/mol. The Bertz CT molecular complexity index is 677. The van der Waals surface area contributed by atoms with Crippen molar-refractivity contribution in [3.05, 3.63) is 70.8 Å². The van der Waals surface area contributed by atoms with Gasteiger partial charge in [-0.05, 0) is 36.6 Å². The third kappa shape index (κ3) is 5.25. The summed E-state index contributed by atoms with van der Waals surface area (Å²) in [6.07, 6.45) is 1.19. The molecule has 0 aliphatic carbocycles. The molecule has 0 bridgehead atoms. The summed E-state index contributed by atoms with van der Waals surface area (Å²) in [4.78, 5) is 23.3. The highest BCUT2D eigenvalue weighted by atomic mass is 16.5. The molecule has 23 heavy (non-hydrogen) atoms. The number of carbonyl (C=O) groups excluding carboxylic acids is 2. The number of rotatable bonds is 6. The number of nitrogens with one attached hydrogen (secondary N) is 1. The lowest BCUT2D eigenvalue weighted by Crippen LogP contribution is -2.23. The SMILES string of the molecule is COC(=O)c1ccc(CNC(=O)CCc2cccc(C)c2)cc1. The zero-order valence-electron chi connectivity index (χ0n) is 13.5. The number of esters is 1. The first kappa shape index (κ1) is 16.7. The number of amides is 1. The molecule has 1 N–H and O–H groups in total. The van der Waals surface area contributed by atoms with Crippen LogP contribution < -0.4 is 5.32 Å². The van der Waals surface area contributed by atoms with Crippen LogP contribution in [-0.2, 0) is 22.5 Å². The summed E-state index contributed by atoms with van der Waals surface area (Å²) in [6.45, 7) is 2.50. The van der Waals surface area contributed by atoms with Crippen LogP contribution in [0.5, 0.6) is 0 Å². The van der Waals surface area contributed by atoms with Gasteiger partial charge in [0.05, 0.1) is 12.7 Å². The number of carbonyl (C=O) groups is 2. The van der Waals surface area contributed by atoms with Crippen LogP contribution in [0.25, 0.3) is 0 Å². The Kier molecular flexibility index (Phi) is 5.92. The van der Waals surface area contributed by atoms with E-state index in [4.69, 9.17) is 0 Å². The maximum atomic E-state index is 11.9. The van der Waals surface area contributed by atoms with E-state index in [9.17, 15) is 9.59 Å². The number of methoxy groups -OCH3 is 1. The van der Waals surface area contributed by atoms with Gasteiger partial charge in [-0.3, -0.25) is 4.79 Å². The summed E-state index contributed by atoms with van der Waals surface area (Å²) in [6, 6.07) is 15.2. The highest BCUT2D eigenvalue weighted by molar-refractivity contribution is 5.89. The van der Waals surface area contributed by atoms with Crippen LogP contribution >= 0.6 is 0 Å². The van der Waals surface area contributed by atoms with Crippen LogP contribution in [0.4, 0.5) is 0 Å². The van der Waals surface area contributed by atoms with Crippen LogP contribution in [-0.4, -0.2) is 19.0 Å². The molecule has 120 valence electrons. The highest BCUT2D eigenvalue weighted by Crippen LogP contribution is 2.08. The van der Waals surface area contributed by atoms with Gasteiger partial charge in [0, 0.05) is 13.0 Å². The number of hydrogen-bond acceptors (Lipinski definition) is 3. The topological polar surface area (TPSA) is 55.4 Å². The molecule has 0 heterocycles. The van der Waals surface area contributed by atoms with E-state index in [0.29, 0.717) is 18.5 Å². The molecule has 2 rings (SSSR count). The van der Waals surface area contributed by atoms with E-state index in [1.807, 2.05) is 37.3 Å². The third-order valence-electron chi connectivity index (χ3n) is 3.59. The van der Waals surface area contributed by atoms with E-state index in [0.717, 1.165) is 12.0 Å². The van der Waals surface area contributed by atoms with Gasteiger partial charge < -0.3 is 10.1 Å². The van der Waals surface area contributed by atoms with Crippen molar-refractivity contribution >= 4 is 11.9 Å². The van der Waals surface area contributed by atoms with Crippen molar-refractivity contribution in [2.75, 3.05) is 7.11 Å². The van der Waals surface area contributed by atoms with Gasteiger partial charge in [0.25, 0.3) is 0 Å². The Balaban J connectivity index is 1.79. The van der Waals surface area contributed by atoms with Crippen LogP contribution in [0.1, 0.15) is 33.5 Å². The minimum absolute atomic E-state index is 0.0172. The molecule has 2 aromatic rings. The summed E-state index contributed by atoms with van der Waals surface area (Å²) in [7, 11) is 1.35. The number of benzene rings is 2. The summed E-state index contributed by atoms with van der Waals surface area (Å²) >= 11 is 0. The summed E-state index contributed by atoms with van der Waals surface area (Å²) in [5.74, 6) is -0.345. The Morgan fingerprint density at radius 2 is 1.78 bits per heavy atom. The molecule has 0 aliphatic heterocycles. The van der Waals surface area contributed by atoms with Gasteiger partial charge in [-0.25, -0.2) is 4.79 Å². The van der Waals surface area contributed by atoms with E-state index in [1.165, 1.54) is 18.2 Å². The molecule has 0 aromatic heterocycles. The lowest BCUT2D eigenvalue weighted by Gasteiger charge is -2.07. The number of aryl methyl sites for hydroxylation is 2. The van der Waals surface area contributed by atoms with Crippen molar-refractivity contribution in [2.45, 2.75) is 26.3 Å². The van der Waals surface area contributed by atoms with Crippen molar-refractivity contribution in [1.82, 2.24) is 5.32 Å². The minimum atomic E-state index is -0.362. The van der Waals surface area contributed by atoms with Gasteiger partial charge in [-0.15, -0.1) is 0 Å². The van der Waals surface area contributed by atoms with Gasteiger partial charge in [-0.2, -0.15) is 0 Å². The second-order valence-electron chi connectivity index (χ2n) is 5.45. The highest BCUT2D eigenvalue weighted by Gasteiger charge is 2.06. The molecule has 4 nitrogen and oxygen atoms in total.